The average Bonchev–Trinajstić information content (AvgIpc) is 3.04. The van der Waals surface area contributed by atoms with Crippen molar-refractivity contribution in [1.29, 1.82) is 0 Å². The molecule has 0 aliphatic carbocycles. The summed E-state index contributed by atoms with van der Waals surface area (Å²) >= 11 is 1.83. The molecule has 2 aromatic heterocycles. The van der Waals surface area contributed by atoms with Gasteiger partial charge in [-0.25, -0.2) is 4.98 Å². The smallest absolute Gasteiger partial charge is 0.198 e. The number of hydrogen-bond donors (Lipinski definition) is 1. The normalized spacial score (nSPS) is 13.0. The fraction of sp³-hybridized carbons (Fsp3) is 0.353. The van der Waals surface area contributed by atoms with Gasteiger partial charge >= 0.3 is 0 Å². The third-order valence-electron chi connectivity index (χ3n) is 3.47. The van der Waals surface area contributed by atoms with Crippen molar-refractivity contribution in [3.63, 3.8) is 0 Å². The van der Waals surface area contributed by atoms with Crippen LogP contribution in [0.2, 0.25) is 0 Å². The van der Waals surface area contributed by atoms with E-state index in [1.54, 1.807) is 0 Å². The van der Waals surface area contributed by atoms with Gasteiger partial charge in [-0.3, -0.25) is 0 Å². The van der Waals surface area contributed by atoms with Crippen LogP contribution in [-0.4, -0.2) is 4.98 Å². The second-order valence-corrected chi connectivity index (χ2v) is 7.02. The molecule has 3 nitrogen and oxygen atoms in total. The fourth-order valence-electron chi connectivity index (χ4n) is 2.29. The molecule has 0 radical (unpaired) electrons. The number of hydrogen-bond acceptors (Lipinski definition) is 4. The Morgan fingerprint density at radius 3 is 2.62 bits per heavy atom. The molecule has 1 atom stereocenters. The molecular formula is C17H20N2OS. The highest BCUT2D eigenvalue weighted by molar-refractivity contribution is 7.12. The third kappa shape index (κ3) is 2.95. The topological polar surface area (TPSA) is 38.1 Å². The number of aryl methyl sites for hydroxylation is 1. The van der Waals surface area contributed by atoms with E-state index in [4.69, 9.17) is 4.42 Å². The molecule has 110 valence electrons. The molecule has 0 bridgehead atoms. The van der Waals surface area contributed by atoms with Crippen LogP contribution in [0.25, 0.3) is 11.1 Å². The van der Waals surface area contributed by atoms with Crippen molar-refractivity contribution in [2.24, 2.45) is 0 Å². The summed E-state index contributed by atoms with van der Waals surface area (Å²) in [6, 6.07) is 10.7. The third-order valence-corrected chi connectivity index (χ3v) is 4.65. The van der Waals surface area contributed by atoms with E-state index in [1.807, 2.05) is 17.4 Å². The van der Waals surface area contributed by atoms with Gasteiger partial charge in [-0.2, -0.15) is 0 Å². The Morgan fingerprint density at radius 1 is 1.14 bits per heavy atom. The number of nitrogens with zero attached hydrogens (tertiary/aromatic N) is 1. The summed E-state index contributed by atoms with van der Waals surface area (Å²) in [5.41, 5.74) is 2.84. The minimum Gasteiger partial charge on any atom is -0.440 e. The molecule has 0 aliphatic rings. The number of anilines is 1. The lowest BCUT2D eigenvalue weighted by Gasteiger charge is -2.13. The van der Waals surface area contributed by atoms with Gasteiger partial charge in [0.15, 0.2) is 11.5 Å². The van der Waals surface area contributed by atoms with Gasteiger partial charge in [-0.15, -0.1) is 11.3 Å². The van der Waals surface area contributed by atoms with Crippen LogP contribution in [0.4, 0.5) is 5.69 Å². The van der Waals surface area contributed by atoms with Crippen molar-refractivity contribution >= 4 is 28.1 Å². The lowest BCUT2D eigenvalue weighted by Crippen LogP contribution is -2.04. The van der Waals surface area contributed by atoms with Crippen LogP contribution >= 0.6 is 11.3 Å². The number of oxazole rings is 1. The predicted octanol–water partition coefficient (Wildman–Crippen LogP) is 5.49. The zero-order valence-corrected chi connectivity index (χ0v) is 13.6. The molecule has 0 fully saturated rings. The van der Waals surface area contributed by atoms with Crippen LogP contribution in [0.15, 0.2) is 34.7 Å². The first-order valence-electron chi connectivity index (χ1n) is 7.26. The summed E-state index contributed by atoms with van der Waals surface area (Å²) in [5, 5.41) is 3.53. The number of nitrogens with one attached hydrogen (secondary N) is 1. The van der Waals surface area contributed by atoms with Crippen molar-refractivity contribution in [3.8, 4) is 0 Å². The molecule has 1 aromatic carbocycles. The summed E-state index contributed by atoms with van der Waals surface area (Å²) in [7, 11) is 0. The first kappa shape index (κ1) is 14.1. The summed E-state index contributed by atoms with van der Waals surface area (Å²) in [4.78, 5) is 7.24. The highest BCUT2D eigenvalue weighted by Crippen LogP contribution is 2.28. The van der Waals surface area contributed by atoms with E-state index >= 15 is 0 Å². The monoisotopic (exact) mass is 300 g/mol. The summed E-state index contributed by atoms with van der Waals surface area (Å²) in [5.74, 6) is 1.10. The predicted molar refractivity (Wildman–Crippen MR) is 89.2 cm³/mol. The Bertz CT molecular complexity index is 757. The molecule has 3 aromatic rings. The molecule has 0 amide bonds. The minimum atomic E-state index is 0.289. The van der Waals surface area contributed by atoms with Crippen LogP contribution in [0.3, 0.4) is 0 Å². The Balaban J connectivity index is 1.83. The number of rotatable bonds is 4. The molecule has 1 N–H and O–H groups in total. The Morgan fingerprint density at radius 2 is 1.95 bits per heavy atom. The first-order valence-corrected chi connectivity index (χ1v) is 8.08. The van der Waals surface area contributed by atoms with E-state index in [2.05, 4.69) is 62.3 Å². The number of aromatic nitrogens is 1. The Kier molecular flexibility index (Phi) is 3.72. The first-order chi connectivity index (χ1) is 10.0. The van der Waals surface area contributed by atoms with Crippen LogP contribution in [0.5, 0.6) is 0 Å². The lowest BCUT2D eigenvalue weighted by atomic mass is 10.2. The molecule has 0 saturated heterocycles. The van der Waals surface area contributed by atoms with Gasteiger partial charge in [0, 0.05) is 21.4 Å². The lowest BCUT2D eigenvalue weighted by molar-refractivity contribution is 0.501. The van der Waals surface area contributed by atoms with Crippen LogP contribution in [0, 0.1) is 6.92 Å². The average molecular weight is 300 g/mol. The van der Waals surface area contributed by atoms with Gasteiger partial charge in [0.25, 0.3) is 0 Å². The maximum absolute atomic E-state index is 5.74. The minimum absolute atomic E-state index is 0.289. The summed E-state index contributed by atoms with van der Waals surface area (Å²) in [6.45, 7) is 8.49. The van der Waals surface area contributed by atoms with Crippen molar-refractivity contribution < 1.29 is 4.42 Å². The molecular weight excluding hydrogens is 280 g/mol. The second-order valence-electron chi connectivity index (χ2n) is 5.70. The zero-order chi connectivity index (χ0) is 15.0. The SMILES string of the molecule is Cc1ccc(C(C)Nc2ccc3oc(C(C)C)nc3c2)s1. The molecule has 3 rings (SSSR count). The second kappa shape index (κ2) is 5.53. The quantitative estimate of drug-likeness (QED) is 0.692. The standard InChI is InChI=1S/C17H20N2OS/c1-10(2)17-19-14-9-13(6-7-15(14)20-17)18-12(4)16-8-5-11(3)21-16/h5-10,12,18H,1-4H3. The largest absolute Gasteiger partial charge is 0.440 e. The van der Waals surface area contributed by atoms with Crippen LogP contribution < -0.4 is 5.32 Å². The van der Waals surface area contributed by atoms with Crippen molar-refractivity contribution in [2.45, 2.75) is 39.7 Å². The van der Waals surface area contributed by atoms with Gasteiger partial charge in [0.1, 0.15) is 5.52 Å². The molecule has 1 unspecified atom stereocenters. The van der Waals surface area contributed by atoms with E-state index < -0.39 is 0 Å². The number of fused-ring (bicyclic) bond motifs is 1. The van der Waals surface area contributed by atoms with Gasteiger partial charge in [-0.1, -0.05) is 13.8 Å². The van der Waals surface area contributed by atoms with Crippen molar-refractivity contribution in [2.75, 3.05) is 5.32 Å². The summed E-state index contributed by atoms with van der Waals surface area (Å²) < 4.78 is 5.74. The number of thiophene rings is 1. The molecule has 0 spiro atoms. The zero-order valence-electron chi connectivity index (χ0n) is 12.8. The highest BCUT2D eigenvalue weighted by Gasteiger charge is 2.11. The Labute approximate surface area is 129 Å². The molecule has 21 heavy (non-hydrogen) atoms. The Hall–Kier alpha value is -1.81. The van der Waals surface area contributed by atoms with Gasteiger partial charge in [-0.05, 0) is 44.2 Å². The molecule has 0 aliphatic heterocycles. The molecule has 4 heteroatoms. The van der Waals surface area contributed by atoms with Crippen LogP contribution in [-0.2, 0) is 0 Å². The number of benzene rings is 1. The van der Waals surface area contributed by atoms with E-state index in [9.17, 15) is 0 Å². The van der Waals surface area contributed by atoms with Crippen molar-refractivity contribution in [3.05, 3.63) is 46.0 Å². The van der Waals surface area contributed by atoms with Gasteiger partial charge < -0.3 is 9.73 Å². The highest BCUT2D eigenvalue weighted by atomic mass is 32.1. The molecule has 0 saturated carbocycles. The summed E-state index contributed by atoms with van der Waals surface area (Å²) in [6.07, 6.45) is 0. The van der Waals surface area contributed by atoms with E-state index in [0.717, 1.165) is 22.7 Å². The van der Waals surface area contributed by atoms with E-state index in [1.165, 1.54) is 9.75 Å². The van der Waals surface area contributed by atoms with E-state index in [0.29, 0.717) is 5.92 Å². The van der Waals surface area contributed by atoms with Crippen molar-refractivity contribution in [1.82, 2.24) is 4.98 Å². The van der Waals surface area contributed by atoms with Gasteiger partial charge in [0.05, 0.1) is 6.04 Å². The van der Waals surface area contributed by atoms with E-state index in [-0.39, 0.29) is 6.04 Å². The maximum atomic E-state index is 5.74. The van der Waals surface area contributed by atoms with Crippen LogP contribution in [0.1, 0.15) is 48.4 Å². The maximum Gasteiger partial charge on any atom is 0.198 e. The van der Waals surface area contributed by atoms with Gasteiger partial charge in [0.2, 0.25) is 0 Å². The fourth-order valence-corrected chi connectivity index (χ4v) is 3.17. The molecule has 2 heterocycles.